The van der Waals surface area contributed by atoms with Crippen LogP contribution in [0.4, 0.5) is 0 Å². The molecule has 0 aromatic heterocycles. The largest absolute Gasteiger partial charge is 0.491 e. The van der Waals surface area contributed by atoms with Crippen molar-refractivity contribution in [2.24, 2.45) is 11.1 Å². The first kappa shape index (κ1) is 25.3. The molecule has 0 unspecified atom stereocenters. The van der Waals surface area contributed by atoms with Gasteiger partial charge in [-0.15, -0.1) is 24.8 Å². The Morgan fingerprint density at radius 3 is 2.31 bits per heavy atom. The van der Waals surface area contributed by atoms with Crippen LogP contribution < -0.4 is 10.5 Å². The lowest BCUT2D eigenvalue weighted by Crippen LogP contribution is -2.56. The third-order valence-electron chi connectivity index (χ3n) is 4.38. The molecular formula is C18H30Cl3N3O2. The van der Waals surface area contributed by atoms with Gasteiger partial charge in [0, 0.05) is 32.7 Å². The SMILES string of the molecule is CC(C)(C)[C@H](N)C(=O)N1CCN(CCOc2ccccc2Cl)CC1.Cl.Cl. The minimum Gasteiger partial charge on any atom is -0.491 e. The molecule has 2 N–H and O–H groups in total. The third-order valence-corrected chi connectivity index (χ3v) is 4.70. The first-order valence-corrected chi connectivity index (χ1v) is 8.81. The molecule has 8 heteroatoms. The number of benzene rings is 1. The molecule has 5 nitrogen and oxygen atoms in total. The predicted octanol–water partition coefficient (Wildman–Crippen LogP) is 3.08. The van der Waals surface area contributed by atoms with Crippen LogP contribution >= 0.6 is 36.4 Å². The highest BCUT2D eigenvalue weighted by molar-refractivity contribution is 6.32. The van der Waals surface area contributed by atoms with E-state index in [0.717, 1.165) is 19.6 Å². The molecular weight excluding hydrogens is 397 g/mol. The fourth-order valence-electron chi connectivity index (χ4n) is 2.61. The van der Waals surface area contributed by atoms with Gasteiger partial charge in [-0.1, -0.05) is 44.5 Å². The maximum absolute atomic E-state index is 12.4. The zero-order valence-electron chi connectivity index (χ0n) is 15.6. The van der Waals surface area contributed by atoms with Gasteiger partial charge < -0.3 is 15.4 Å². The molecule has 1 fully saturated rings. The number of ether oxygens (including phenoxy) is 1. The van der Waals surface area contributed by atoms with E-state index in [-0.39, 0.29) is 36.1 Å². The molecule has 1 aliphatic heterocycles. The van der Waals surface area contributed by atoms with E-state index < -0.39 is 6.04 Å². The average molecular weight is 427 g/mol. The zero-order chi connectivity index (χ0) is 17.7. The summed E-state index contributed by atoms with van der Waals surface area (Å²) in [6, 6.07) is 7.03. The first-order valence-electron chi connectivity index (χ1n) is 8.43. The molecule has 0 radical (unpaired) electrons. The maximum Gasteiger partial charge on any atom is 0.240 e. The standard InChI is InChI=1S/C18H28ClN3O2.2ClH/c1-18(2,3)16(20)17(23)22-10-8-21(9-11-22)12-13-24-15-7-5-4-6-14(15)19;;/h4-7,16H,8-13,20H2,1-3H3;2*1H/t16-;;/m1../s1. The fourth-order valence-corrected chi connectivity index (χ4v) is 2.80. The second kappa shape index (κ2) is 11.2. The van der Waals surface area contributed by atoms with E-state index in [1.54, 1.807) is 0 Å². The Labute approximate surface area is 174 Å². The fraction of sp³-hybridized carbons (Fsp3) is 0.611. The number of hydrogen-bond donors (Lipinski definition) is 1. The summed E-state index contributed by atoms with van der Waals surface area (Å²) in [5.74, 6) is 0.763. The maximum atomic E-state index is 12.4. The second-order valence-corrected chi connectivity index (χ2v) is 7.70. The van der Waals surface area contributed by atoms with Crippen molar-refractivity contribution in [3.8, 4) is 5.75 Å². The van der Waals surface area contributed by atoms with Gasteiger partial charge in [0.05, 0.1) is 11.1 Å². The van der Waals surface area contributed by atoms with Gasteiger partial charge in [0.25, 0.3) is 0 Å². The van der Waals surface area contributed by atoms with Crippen molar-refractivity contribution in [3.63, 3.8) is 0 Å². The number of halogens is 3. The van der Waals surface area contributed by atoms with Crippen molar-refractivity contribution in [3.05, 3.63) is 29.3 Å². The molecule has 1 heterocycles. The first-order chi connectivity index (χ1) is 11.3. The summed E-state index contributed by atoms with van der Waals surface area (Å²) in [5.41, 5.74) is 5.87. The molecule has 1 aromatic carbocycles. The second-order valence-electron chi connectivity index (χ2n) is 7.29. The Hall–Kier alpha value is -0.720. The van der Waals surface area contributed by atoms with Gasteiger partial charge in [0.2, 0.25) is 5.91 Å². The van der Waals surface area contributed by atoms with E-state index in [9.17, 15) is 4.79 Å². The summed E-state index contributed by atoms with van der Waals surface area (Å²) in [7, 11) is 0. The number of carbonyl (C=O) groups excluding carboxylic acids is 1. The van der Waals surface area contributed by atoms with Gasteiger partial charge in [-0.3, -0.25) is 9.69 Å². The number of nitrogens with zero attached hydrogens (tertiary/aromatic N) is 2. The Bertz CT molecular complexity index is 559. The number of hydrogen-bond acceptors (Lipinski definition) is 4. The molecule has 1 aliphatic rings. The van der Waals surface area contributed by atoms with Crippen LogP contribution in [-0.2, 0) is 4.79 Å². The quantitative estimate of drug-likeness (QED) is 0.786. The summed E-state index contributed by atoms with van der Waals surface area (Å²) in [4.78, 5) is 16.6. The summed E-state index contributed by atoms with van der Waals surface area (Å²) < 4.78 is 5.72. The highest BCUT2D eigenvalue weighted by Crippen LogP contribution is 2.23. The van der Waals surface area contributed by atoms with E-state index in [1.807, 2.05) is 49.9 Å². The van der Waals surface area contributed by atoms with Crippen LogP contribution in [0.5, 0.6) is 5.75 Å². The number of rotatable bonds is 5. The number of carbonyl (C=O) groups is 1. The van der Waals surface area contributed by atoms with Crippen LogP contribution in [0.1, 0.15) is 20.8 Å². The Morgan fingerprint density at radius 2 is 1.77 bits per heavy atom. The number of amides is 1. The number of nitrogens with two attached hydrogens (primary N) is 1. The molecule has 0 aliphatic carbocycles. The van der Waals surface area contributed by atoms with Crippen molar-refractivity contribution in [2.75, 3.05) is 39.3 Å². The van der Waals surface area contributed by atoms with Gasteiger partial charge in [-0.2, -0.15) is 0 Å². The van der Waals surface area contributed by atoms with Gasteiger partial charge >= 0.3 is 0 Å². The summed E-state index contributed by atoms with van der Waals surface area (Å²) in [6.45, 7) is 10.5. The summed E-state index contributed by atoms with van der Waals surface area (Å²) >= 11 is 6.07. The van der Waals surface area contributed by atoms with Crippen molar-refractivity contribution < 1.29 is 9.53 Å². The molecule has 1 atom stereocenters. The van der Waals surface area contributed by atoms with Gasteiger partial charge in [0.1, 0.15) is 12.4 Å². The molecule has 2 rings (SSSR count). The monoisotopic (exact) mass is 425 g/mol. The predicted molar refractivity (Wildman–Crippen MR) is 112 cm³/mol. The normalized spacial score (nSPS) is 16.3. The van der Waals surface area contributed by atoms with E-state index in [1.165, 1.54) is 0 Å². The van der Waals surface area contributed by atoms with Gasteiger partial charge in [0.15, 0.2) is 0 Å². The average Bonchev–Trinajstić information content (AvgIpc) is 2.55. The molecule has 0 bridgehead atoms. The van der Waals surface area contributed by atoms with Crippen LogP contribution in [0.3, 0.4) is 0 Å². The minimum absolute atomic E-state index is 0. The van der Waals surface area contributed by atoms with E-state index in [4.69, 9.17) is 22.1 Å². The molecule has 1 aromatic rings. The van der Waals surface area contributed by atoms with Crippen LogP contribution in [0, 0.1) is 5.41 Å². The van der Waals surface area contributed by atoms with Crippen LogP contribution in [-0.4, -0.2) is 61.1 Å². The van der Waals surface area contributed by atoms with Crippen LogP contribution in [0.15, 0.2) is 24.3 Å². The van der Waals surface area contributed by atoms with E-state index >= 15 is 0 Å². The summed E-state index contributed by atoms with van der Waals surface area (Å²) in [6.07, 6.45) is 0. The zero-order valence-corrected chi connectivity index (χ0v) is 18.0. The van der Waals surface area contributed by atoms with Crippen LogP contribution in [0.25, 0.3) is 0 Å². The van der Waals surface area contributed by atoms with Crippen LogP contribution in [0.2, 0.25) is 5.02 Å². The molecule has 0 spiro atoms. The highest BCUT2D eigenvalue weighted by Gasteiger charge is 2.32. The topological polar surface area (TPSA) is 58.8 Å². The molecule has 150 valence electrons. The lowest BCUT2D eigenvalue weighted by molar-refractivity contribution is -0.136. The van der Waals surface area contributed by atoms with E-state index in [0.29, 0.717) is 30.5 Å². The van der Waals surface area contributed by atoms with Crippen molar-refractivity contribution >= 4 is 42.3 Å². The lowest BCUT2D eigenvalue weighted by Gasteiger charge is -2.38. The Kier molecular flexibility index (Phi) is 10.9. The Morgan fingerprint density at radius 1 is 1.19 bits per heavy atom. The van der Waals surface area contributed by atoms with Crippen molar-refractivity contribution in [2.45, 2.75) is 26.8 Å². The van der Waals surface area contributed by atoms with E-state index in [2.05, 4.69) is 4.90 Å². The molecule has 26 heavy (non-hydrogen) atoms. The van der Waals surface area contributed by atoms with Gasteiger partial charge in [-0.05, 0) is 17.5 Å². The Balaban J connectivity index is 0.00000312. The molecule has 1 saturated heterocycles. The van der Waals surface area contributed by atoms with Crippen molar-refractivity contribution in [1.82, 2.24) is 9.80 Å². The van der Waals surface area contributed by atoms with Crippen molar-refractivity contribution in [1.29, 1.82) is 0 Å². The lowest BCUT2D eigenvalue weighted by atomic mass is 9.86. The third kappa shape index (κ3) is 7.12. The highest BCUT2D eigenvalue weighted by atomic mass is 35.5. The van der Waals surface area contributed by atoms with Gasteiger partial charge in [-0.25, -0.2) is 0 Å². The molecule has 0 saturated carbocycles. The summed E-state index contributed by atoms with van der Waals surface area (Å²) in [5, 5.41) is 0.629. The number of piperazine rings is 1. The molecule has 1 amide bonds. The smallest absolute Gasteiger partial charge is 0.240 e. The minimum atomic E-state index is -0.451. The number of para-hydroxylation sites is 1.